The van der Waals surface area contributed by atoms with E-state index in [-0.39, 0.29) is 5.92 Å². The molecule has 1 saturated heterocycles. The zero-order valence-corrected chi connectivity index (χ0v) is 10.1. The second-order valence-corrected chi connectivity index (χ2v) is 5.72. The molecular weight excluding hydrogens is 202 g/mol. The van der Waals surface area contributed by atoms with Gasteiger partial charge in [0.25, 0.3) is 0 Å². The van der Waals surface area contributed by atoms with Crippen LogP contribution in [-0.2, 0) is 4.79 Å². The summed E-state index contributed by atoms with van der Waals surface area (Å²) in [4.78, 5) is 11.0. The summed E-state index contributed by atoms with van der Waals surface area (Å²) in [5.41, 5.74) is 0. The van der Waals surface area contributed by atoms with Crippen LogP contribution in [0.1, 0.15) is 39.0 Å². The van der Waals surface area contributed by atoms with Gasteiger partial charge in [-0.05, 0) is 37.1 Å². The van der Waals surface area contributed by atoms with Crippen molar-refractivity contribution in [3.63, 3.8) is 0 Å². The SMILES string of the molecule is CC1CCCC(C2CNCC(C(=O)O)C2)C1. The third-order valence-electron chi connectivity index (χ3n) is 4.38. The molecule has 1 aliphatic heterocycles. The molecule has 4 unspecified atom stereocenters. The normalized spacial score (nSPS) is 40.6. The average molecular weight is 225 g/mol. The van der Waals surface area contributed by atoms with Crippen molar-refractivity contribution in [3.8, 4) is 0 Å². The number of carboxylic acid groups (broad SMARTS) is 1. The maximum atomic E-state index is 11.0. The molecular formula is C13H23NO2. The van der Waals surface area contributed by atoms with Crippen molar-refractivity contribution in [3.05, 3.63) is 0 Å². The molecule has 4 atom stereocenters. The highest BCUT2D eigenvalue weighted by atomic mass is 16.4. The first kappa shape index (κ1) is 11.9. The van der Waals surface area contributed by atoms with Gasteiger partial charge in [0.2, 0.25) is 0 Å². The van der Waals surface area contributed by atoms with Crippen molar-refractivity contribution >= 4 is 5.97 Å². The Bertz CT molecular complexity index is 254. The number of carboxylic acids is 1. The zero-order valence-electron chi connectivity index (χ0n) is 10.1. The molecule has 0 amide bonds. The maximum Gasteiger partial charge on any atom is 0.307 e. The lowest BCUT2D eigenvalue weighted by Crippen LogP contribution is -2.43. The Balaban J connectivity index is 1.90. The van der Waals surface area contributed by atoms with Gasteiger partial charge in [0.05, 0.1) is 5.92 Å². The molecule has 2 rings (SSSR count). The Morgan fingerprint density at radius 2 is 2.00 bits per heavy atom. The summed E-state index contributed by atoms with van der Waals surface area (Å²) >= 11 is 0. The highest BCUT2D eigenvalue weighted by Crippen LogP contribution is 2.37. The molecule has 3 nitrogen and oxygen atoms in total. The Labute approximate surface area is 97.6 Å². The Morgan fingerprint density at radius 1 is 1.19 bits per heavy atom. The van der Waals surface area contributed by atoms with Crippen molar-refractivity contribution in [1.29, 1.82) is 0 Å². The molecule has 0 aromatic heterocycles. The molecule has 1 heterocycles. The number of hydrogen-bond donors (Lipinski definition) is 2. The van der Waals surface area contributed by atoms with Gasteiger partial charge in [-0.1, -0.05) is 26.2 Å². The number of piperidine rings is 1. The first-order valence-electron chi connectivity index (χ1n) is 6.60. The number of rotatable bonds is 2. The maximum absolute atomic E-state index is 11.0. The number of hydrogen-bond acceptors (Lipinski definition) is 2. The molecule has 2 aliphatic rings. The molecule has 2 N–H and O–H groups in total. The lowest BCUT2D eigenvalue weighted by Gasteiger charge is -2.37. The smallest absolute Gasteiger partial charge is 0.307 e. The number of nitrogens with one attached hydrogen (secondary N) is 1. The van der Waals surface area contributed by atoms with Crippen LogP contribution in [0.15, 0.2) is 0 Å². The van der Waals surface area contributed by atoms with Crippen LogP contribution in [-0.4, -0.2) is 24.2 Å². The van der Waals surface area contributed by atoms with E-state index < -0.39 is 5.97 Å². The molecule has 0 aromatic carbocycles. The van der Waals surface area contributed by atoms with Crippen LogP contribution in [0.5, 0.6) is 0 Å². The van der Waals surface area contributed by atoms with Crippen molar-refractivity contribution in [2.75, 3.05) is 13.1 Å². The molecule has 0 radical (unpaired) electrons. The van der Waals surface area contributed by atoms with Crippen LogP contribution in [0.2, 0.25) is 0 Å². The molecule has 1 saturated carbocycles. The fourth-order valence-corrected chi connectivity index (χ4v) is 3.43. The van der Waals surface area contributed by atoms with E-state index in [0.717, 1.165) is 24.8 Å². The molecule has 16 heavy (non-hydrogen) atoms. The van der Waals surface area contributed by atoms with Crippen molar-refractivity contribution < 1.29 is 9.90 Å². The number of aliphatic carboxylic acids is 1. The van der Waals surface area contributed by atoms with Gasteiger partial charge >= 0.3 is 5.97 Å². The van der Waals surface area contributed by atoms with E-state index in [9.17, 15) is 4.79 Å². The van der Waals surface area contributed by atoms with E-state index in [1.807, 2.05) is 0 Å². The topological polar surface area (TPSA) is 49.3 Å². The van der Waals surface area contributed by atoms with Gasteiger partial charge in [0.15, 0.2) is 0 Å². The monoisotopic (exact) mass is 225 g/mol. The van der Waals surface area contributed by atoms with Gasteiger partial charge in [-0.15, -0.1) is 0 Å². The van der Waals surface area contributed by atoms with Gasteiger partial charge < -0.3 is 10.4 Å². The Hall–Kier alpha value is -0.570. The lowest BCUT2D eigenvalue weighted by atomic mass is 9.72. The third-order valence-corrected chi connectivity index (χ3v) is 4.38. The molecule has 1 aliphatic carbocycles. The summed E-state index contributed by atoms with van der Waals surface area (Å²) in [7, 11) is 0. The van der Waals surface area contributed by atoms with Crippen LogP contribution in [0.4, 0.5) is 0 Å². The van der Waals surface area contributed by atoms with E-state index in [0.29, 0.717) is 12.5 Å². The average Bonchev–Trinajstić information content (AvgIpc) is 2.29. The minimum atomic E-state index is -0.624. The third kappa shape index (κ3) is 2.76. The quantitative estimate of drug-likeness (QED) is 0.757. The summed E-state index contributed by atoms with van der Waals surface area (Å²) < 4.78 is 0. The lowest BCUT2D eigenvalue weighted by molar-refractivity contribution is -0.143. The standard InChI is InChI=1S/C13H23NO2/c1-9-3-2-4-10(5-9)11-6-12(13(15)16)8-14-7-11/h9-12,14H,2-8H2,1H3,(H,15,16). The fourth-order valence-electron chi connectivity index (χ4n) is 3.43. The summed E-state index contributed by atoms with van der Waals surface area (Å²) in [6, 6.07) is 0. The van der Waals surface area contributed by atoms with Gasteiger partial charge in [-0.3, -0.25) is 4.79 Å². The van der Waals surface area contributed by atoms with Crippen LogP contribution in [0.3, 0.4) is 0 Å². The Morgan fingerprint density at radius 3 is 2.69 bits per heavy atom. The molecule has 3 heteroatoms. The molecule has 0 bridgehead atoms. The van der Waals surface area contributed by atoms with Crippen LogP contribution in [0, 0.1) is 23.7 Å². The van der Waals surface area contributed by atoms with Gasteiger partial charge in [0, 0.05) is 6.54 Å². The number of carbonyl (C=O) groups is 1. The van der Waals surface area contributed by atoms with E-state index in [4.69, 9.17) is 5.11 Å². The van der Waals surface area contributed by atoms with Crippen LogP contribution in [0.25, 0.3) is 0 Å². The van der Waals surface area contributed by atoms with E-state index in [1.54, 1.807) is 0 Å². The molecule has 2 fully saturated rings. The van der Waals surface area contributed by atoms with E-state index in [2.05, 4.69) is 12.2 Å². The predicted molar refractivity (Wildman–Crippen MR) is 63.2 cm³/mol. The first-order valence-corrected chi connectivity index (χ1v) is 6.60. The second-order valence-electron chi connectivity index (χ2n) is 5.72. The van der Waals surface area contributed by atoms with Crippen molar-refractivity contribution in [2.45, 2.75) is 39.0 Å². The molecule has 0 aromatic rings. The Kier molecular flexibility index (Phi) is 3.85. The summed E-state index contributed by atoms with van der Waals surface area (Å²) in [6.45, 7) is 4.02. The first-order chi connectivity index (χ1) is 7.66. The van der Waals surface area contributed by atoms with E-state index in [1.165, 1.54) is 25.7 Å². The molecule has 92 valence electrons. The minimum absolute atomic E-state index is 0.156. The van der Waals surface area contributed by atoms with Gasteiger partial charge in [-0.2, -0.15) is 0 Å². The summed E-state index contributed by atoms with van der Waals surface area (Å²) in [6.07, 6.45) is 6.19. The highest BCUT2D eigenvalue weighted by molar-refractivity contribution is 5.70. The summed E-state index contributed by atoms with van der Waals surface area (Å²) in [5, 5.41) is 12.4. The largest absolute Gasteiger partial charge is 0.481 e. The summed E-state index contributed by atoms with van der Waals surface area (Å²) in [5.74, 6) is 1.41. The molecule has 0 spiro atoms. The minimum Gasteiger partial charge on any atom is -0.481 e. The van der Waals surface area contributed by atoms with Crippen molar-refractivity contribution in [1.82, 2.24) is 5.32 Å². The second kappa shape index (κ2) is 5.17. The van der Waals surface area contributed by atoms with Crippen molar-refractivity contribution in [2.24, 2.45) is 23.7 Å². The fraction of sp³-hybridized carbons (Fsp3) is 0.923. The van der Waals surface area contributed by atoms with E-state index >= 15 is 0 Å². The van der Waals surface area contributed by atoms with Gasteiger partial charge in [0.1, 0.15) is 0 Å². The zero-order chi connectivity index (χ0) is 11.5. The van der Waals surface area contributed by atoms with Crippen LogP contribution < -0.4 is 5.32 Å². The highest BCUT2D eigenvalue weighted by Gasteiger charge is 2.33. The van der Waals surface area contributed by atoms with Crippen LogP contribution >= 0.6 is 0 Å². The predicted octanol–water partition coefficient (Wildman–Crippen LogP) is 2.12. The van der Waals surface area contributed by atoms with Gasteiger partial charge in [-0.25, -0.2) is 0 Å².